The van der Waals surface area contributed by atoms with Crippen LogP contribution in [0.2, 0.25) is 0 Å². The number of aliphatic carboxylic acids is 1. The highest BCUT2D eigenvalue weighted by Gasteiger charge is 2.18. The Labute approximate surface area is 116 Å². The molecule has 0 aromatic heterocycles. The zero-order valence-corrected chi connectivity index (χ0v) is 11.4. The van der Waals surface area contributed by atoms with Crippen molar-refractivity contribution in [2.45, 2.75) is 24.5 Å². The van der Waals surface area contributed by atoms with Gasteiger partial charge in [-0.05, 0) is 30.2 Å². The van der Waals surface area contributed by atoms with Gasteiger partial charge in [-0.3, -0.25) is 9.59 Å². The number of rotatable bonds is 5. The number of carboxylic acid groups (broad SMARTS) is 1. The van der Waals surface area contributed by atoms with Crippen molar-refractivity contribution >= 4 is 23.6 Å². The Balaban J connectivity index is 1.99. The summed E-state index contributed by atoms with van der Waals surface area (Å²) in [5.74, 6) is 0.0619. The summed E-state index contributed by atoms with van der Waals surface area (Å²) in [5, 5.41) is 12.2. The van der Waals surface area contributed by atoms with Gasteiger partial charge in [-0.25, -0.2) is 0 Å². The molecule has 2 rings (SSSR count). The van der Waals surface area contributed by atoms with E-state index in [9.17, 15) is 9.59 Å². The van der Waals surface area contributed by atoms with Gasteiger partial charge in [-0.1, -0.05) is 18.2 Å². The van der Waals surface area contributed by atoms with Gasteiger partial charge in [0.1, 0.15) is 0 Å². The van der Waals surface area contributed by atoms with Gasteiger partial charge in [-0.2, -0.15) is 11.8 Å². The van der Waals surface area contributed by atoms with Gasteiger partial charge in [-0.15, -0.1) is 0 Å². The lowest BCUT2D eigenvalue weighted by Gasteiger charge is -2.12. The van der Waals surface area contributed by atoms with Crippen LogP contribution in [-0.4, -0.2) is 34.5 Å². The van der Waals surface area contributed by atoms with Crippen LogP contribution < -0.4 is 5.32 Å². The molecule has 1 aliphatic heterocycles. The summed E-state index contributed by atoms with van der Waals surface area (Å²) in [6.07, 6.45) is 2.23. The highest BCUT2D eigenvalue weighted by molar-refractivity contribution is 8.00. The van der Waals surface area contributed by atoms with Crippen LogP contribution in [-0.2, 0) is 11.2 Å². The van der Waals surface area contributed by atoms with Crippen molar-refractivity contribution in [2.75, 3.05) is 12.3 Å². The van der Waals surface area contributed by atoms with Gasteiger partial charge in [0.15, 0.2) is 0 Å². The molecule has 1 amide bonds. The van der Waals surface area contributed by atoms with E-state index in [2.05, 4.69) is 5.32 Å². The summed E-state index contributed by atoms with van der Waals surface area (Å²) in [6.45, 7) is 0.658. The van der Waals surface area contributed by atoms with E-state index in [1.807, 2.05) is 11.8 Å². The van der Waals surface area contributed by atoms with Crippen molar-refractivity contribution in [3.63, 3.8) is 0 Å². The Morgan fingerprint density at radius 1 is 1.37 bits per heavy atom. The van der Waals surface area contributed by atoms with Crippen LogP contribution in [0.3, 0.4) is 0 Å². The predicted molar refractivity (Wildman–Crippen MR) is 75.6 cm³/mol. The van der Waals surface area contributed by atoms with Gasteiger partial charge in [0.25, 0.3) is 5.91 Å². The lowest BCUT2D eigenvalue weighted by molar-refractivity contribution is -0.136. The number of benzene rings is 1. The average Bonchev–Trinajstić information content (AvgIpc) is 2.89. The van der Waals surface area contributed by atoms with Crippen LogP contribution in [0.1, 0.15) is 28.8 Å². The van der Waals surface area contributed by atoms with Gasteiger partial charge >= 0.3 is 5.97 Å². The van der Waals surface area contributed by atoms with E-state index in [-0.39, 0.29) is 12.3 Å². The lowest BCUT2D eigenvalue weighted by atomic mass is 10.0. The molecule has 0 bridgehead atoms. The number of hydrogen-bond acceptors (Lipinski definition) is 3. The van der Waals surface area contributed by atoms with Crippen LogP contribution in [0.5, 0.6) is 0 Å². The molecule has 5 heteroatoms. The van der Waals surface area contributed by atoms with Crippen LogP contribution in [0.15, 0.2) is 24.3 Å². The second-order valence-electron chi connectivity index (χ2n) is 4.57. The molecule has 0 spiro atoms. The fourth-order valence-corrected chi connectivity index (χ4v) is 3.37. The van der Waals surface area contributed by atoms with Crippen molar-refractivity contribution in [2.24, 2.45) is 0 Å². The summed E-state index contributed by atoms with van der Waals surface area (Å²) < 4.78 is 0. The molecule has 19 heavy (non-hydrogen) atoms. The summed E-state index contributed by atoms with van der Waals surface area (Å²) in [4.78, 5) is 22.9. The summed E-state index contributed by atoms with van der Waals surface area (Å²) in [6, 6.07) is 6.87. The van der Waals surface area contributed by atoms with E-state index in [4.69, 9.17) is 5.11 Å². The van der Waals surface area contributed by atoms with Crippen molar-refractivity contribution in [3.8, 4) is 0 Å². The van der Waals surface area contributed by atoms with E-state index in [1.54, 1.807) is 24.3 Å². The van der Waals surface area contributed by atoms with Gasteiger partial charge < -0.3 is 10.4 Å². The van der Waals surface area contributed by atoms with E-state index in [0.29, 0.717) is 22.9 Å². The standard InChI is InChI=1S/C14H17NO3S/c16-13(17)8-10-4-1-2-6-12(10)14(18)15-9-11-5-3-7-19-11/h1-2,4,6,11H,3,5,7-9H2,(H,15,18)(H,16,17). The number of thioether (sulfide) groups is 1. The Hall–Kier alpha value is -1.49. The molecule has 1 fully saturated rings. The Kier molecular flexibility index (Phi) is 4.85. The van der Waals surface area contributed by atoms with Crippen molar-refractivity contribution < 1.29 is 14.7 Å². The van der Waals surface area contributed by atoms with E-state index < -0.39 is 5.97 Å². The first kappa shape index (κ1) is 13.9. The monoisotopic (exact) mass is 279 g/mol. The summed E-state index contributed by atoms with van der Waals surface area (Å²) >= 11 is 1.89. The quantitative estimate of drug-likeness (QED) is 0.864. The molecule has 1 aromatic carbocycles. The van der Waals surface area contributed by atoms with Crippen molar-refractivity contribution in [1.82, 2.24) is 5.32 Å². The molecule has 1 atom stereocenters. The minimum absolute atomic E-state index is 0.123. The molecule has 1 aromatic rings. The molecular formula is C14H17NO3S. The predicted octanol–water partition coefficient (Wildman–Crippen LogP) is 1.94. The van der Waals surface area contributed by atoms with Gasteiger partial charge in [0.2, 0.25) is 0 Å². The Bertz CT molecular complexity index is 470. The number of amides is 1. The molecular weight excluding hydrogens is 262 g/mol. The summed E-state index contributed by atoms with van der Waals surface area (Å²) in [7, 11) is 0. The van der Waals surface area contributed by atoms with Gasteiger partial charge in [0, 0.05) is 17.4 Å². The zero-order valence-electron chi connectivity index (χ0n) is 10.6. The molecule has 0 saturated carbocycles. The van der Waals surface area contributed by atoms with Crippen LogP contribution in [0.25, 0.3) is 0 Å². The Morgan fingerprint density at radius 3 is 2.84 bits per heavy atom. The highest BCUT2D eigenvalue weighted by atomic mass is 32.2. The molecule has 1 aliphatic rings. The smallest absolute Gasteiger partial charge is 0.307 e. The third-order valence-electron chi connectivity index (χ3n) is 3.12. The third-order valence-corrected chi connectivity index (χ3v) is 4.52. The van der Waals surface area contributed by atoms with Crippen molar-refractivity contribution in [3.05, 3.63) is 35.4 Å². The first-order valence-corrected chi connectivity index (χ1v) is 7.41. The second kappa shape index (κ2) is 6.61. The first-order valence-electron chi connectivity index (χ1n) is 6.36. The number of nitrogens with one attached hydrogen (secondary N) is 1. The molecule has 0 radical (unpaired) electrons. The van der Waals surface area contributed by atoms with E-state index in [0.717, 1.165) is 12.2 Å². The number of carbonyl (C=O) groups is 2. The Morgan fingerprint density at radius 2 is 2.16 bits per heavy atom. The minimum Gasteiger partial charge on any atom is -0.481 e. The SMILES string of the molecule is O=C(O)Cc1ccccc1C(=O)NCC1CCCS1. The third kappa shape index (κ3) is 3.99. The number of carboxylic acids is 1. The van der Waals surface area contributed by atoms with Crippen LogP contribution in [0.4, 0.5) is 0 Å². The van der Waals surface area contributed by atoms with Gasteiger partial charge in [0.05, 0.1) is 6.42 Å². The number of carbonyl (C=O) groups excluding carboxylic acids is 1. The summed E-state index contributed by atoms with van der Waals surface area (Å²) in [5.41, 5.74) is 1.03. The minimum atomic E-state index is -0.924. The highest BCUT2D eigenvalue weighted by Crippen LogP contribution is 2.25. The average molecular weight is 279 g/mol. The lowest BCUT2D eigenvalue weighted by Crippen LogP contribution is -2.30. The largest absolute Gasteiger partial charge is 0.481 e. The van der Waals surface area contributed by atoms with Crippen LogP contribution >= 0.6 is 11.8 Å². The second-order valence-corrected chi connectivity index (χ2v) is 5.98. The fourth-order valence-electron chi connectivity index (χ4n) is 2.17. The molecule has 2 N–H and O–H groups in total. The molecule has 0 aliphatic carbocycles. The maximum atomic E-state index is 12.1. The maximum absolute atomic E-state index is 12.1. The first-order chi connectivity index (χ1) is 9.16. The fraction of sp³-hybridized carbons (Fsp3) is 0.429. The van der Waals surface area contributed by atoms with E-state index in [1.165, 1.54) is 6.42 Å². The molecule has 102 valence electrons. The molecule has 1 heterocycles. The molecule has 1 saturated heterocycles. The molecule has 4 nitrogen and oxygen atoms in total. The van der Waals surface area contributed by atoms with E-state index >= 15 is 0 Å². The van der Waals surface area contributed by atoms with Crippen LogP contribution in [0, 0.1) is 0 Å². The van der Waals surface area contributed by atoms with Crippen molar-refractivity contribution in [1.29, 1.82) is 0 Å². The maximum Gasteiger partial charge on any atom is 0.307 e. The normalized spacial score (nSPS) is 18.2. The topological polar surface area (TPSA) is 66.4 Å². The molecule has 1 unspecified atom stereocenters. The zero-order chi connectivity index (χ0) is 13.7. The number of hydrogen-bond donors (Lipinski definition) is 2.